The van der Waals surface area contributed by atoms with E-state index < -0.39 is 17.6 Å². The van der Waals surface area contributed by atoms with Crippen molar-refractivity contribution in [2.75, 3.05) is 18.4 Å². The van der Waals surface area contributed by atoms with E-state index in [4.69, 9.17) is 4.98 Å². The lowest BCUT2D eigenvalue weighted by atomic mass is 10.1. The molecule has 8 nitrogen and oxygen atoms in total. The van der Waals surface area contributed by atoms with E-state index >= 15 is 0 Å². The number of amides is 1. The summed E-state index contributed by atoms with van der Waals surface area (Å²) in [6, 6.07) is 8.40. The van der Waals surface area contributed by atoms with Crippen LogP contribution < -0.4 is 5.32 Å². The van der Waals surface area contributed by atoms with Crippen molar-refractivity contribution in [3.8, 4) is 11.3 Å². The third-order valence-electron chi connectivity index (χ3n) is 6.73. The molecule has 0 unspecified atom stereocenters. The average molecular weight is 525 g/mol. The zero-order chi connectivity index (χ0) is 26.9. The van der Waals surface area contributed by atoms with Gasteiger partial charge < -0.3 is 10.4 Å². The Hall–Kier alpha value is -3.83. The van der Waals surface area contributed by atoms with Crippen molar-refractivity contribution in [1.82, 2.24) is 24.3 Å². The van der Waals surface area contributed by atoms with Gasteiger partial charge in [0.15, 0.2) is 0 Å². The quantitative estimate of drug-likeness (QED) is 0.349. The van der Waals surface area contributed by atoms with Crippen molar-refractivity contribution in [3.05, 3.63) is 77.6 Å². The zero-order valence-electron chi connectivity index (χ0n) is 20.7. The number of carbonyl (C=O) groups is 1. The van der Waals surface area contributed by atoms with E-state index in [9.17, 15) is 23.1 Å². The standard InChI is InChI=1S/C27H27F3N6O2/c1-2-12-35-13-3-4-21(35)25-34-23(24-20(16-37)31-11-14-36(24)25)17-5-7-18(8-6-17)26(38)33-22-15-19(9-10-32-22)27(28,29)30/h5-11,14-15,21,37H,2-4,12-13,16H2,1H3,(H,32,33,38)/t21-/m0/s1. The largest absolute Gasteiger partial charge is 0.416 e. The highest BCUT2D eigenvalue weighted by Gasteiger charge is 2.32. The maximum Gasteiger partial charge on any atom is 0.416 e. The zero-order valence-corrected chi connectivity index (χ0v) is 20.7. The molecule has 198 valence electrons. The van der Waals surface area contributed by atoms with Gasteiger partial charge in [-0.05, 0) is 56.6 Å². The number of aliphatic hydroxyl groups excluding tert-OH is 1. The van der Waals surface area contributed by atoms with Gasteiger partial charge in [-0.3, -0.25) is 19.1 Å². The maximum absolute atomic E-state index is 13.0. The summed E-state index contributed by atoms with van der Waals surface area (Å²) in [5.41, 5.74) is 1.94. The Balaban J connectivity index is 1.46. The molecule has 1 saturated heterocycles. The molecule has 0 bridgehead atoms. The highest BCUT2D eigenvalue weighted by Crippen LogP contribution is 2.36. The summed E-state index contributed by atoms with van der Waals surface area (Å²) in [5.74, 6) is 0.110. The summed E-state index contributed by atoms with van der Waals surface area (Å²) in [5, 5.41) is 12.4. The molecule has 1 aliphatic heterocycles. The molecule has 0 spiro atoms. The van der Waals surface area contributed by atoms with Crippen LogP contribution in [-0.2, 0) is 12.8 Å². The summed E-state index contributed by atoms with van der Waals surface area (Å²) in [4.78, 5) is 28.3. The molecule has 1 fully saturated rings. The molecule has 1 amide bonds. The van der Waals surface area contributed by atoms with Gasteiger partial charge in [0.2, 0.25) is 0 Å². The molecular weight excluding hydrogens is 497 g/mol. The van der Waals surface area contributed by atoms with Crippen LogP contribution in [0.4, 0.5) is 19.0 Å². The summed E-state index contributed by atoms with van der Waals surface area (Å²) in [6.07, 6.45) is 3.08. The molecule has 1 aromatic carbocycles. The van der Waals surface area contributed by atoms with Gasteiger partial charge in [0, 0.05) is 29.7 Å². The van der Waals surface area contributed by atoms with E-state index in [-0.39, 0.29) is 24.0 Å². The van der Waals surface area contributed by atoms with E-state index in [2.05, 4.69) is 27.1 Å². The molecule has 5 rings (SSSR count). The van der Waals surface area contributed by atoms with E-state index in [0.29, 0.717) is 16.9 Å². The smallest absolute Gasteiger partial charge is 0.390 e. The Kier molecular flexibility index (Phi) is 7.13. The van der Waals surface area contributed by atoms with Crippen molar-refractivity contribution in [2.24, 2.45) is 0 Å². The number of alkyl halides is 3. The lowest BCUT2D eigenvalue weighted by Gasteiger charge is -2.22. The Bertz CT molecular complexity index is 1450. The van der Waals surface area contributed by atoms with Crippen molar-refractivity contribution in [1.29, 1.82) is 0 Å². The number of nitrogens with one attached hydrogen (secondary N) is 1. The molecule has 0 radical (unpaired) electrons. The minimum absolute atomic E-state index is 0.148. The first-order chi connectivity index (χ1) is 18.3. The van der Waals surface area contributed by atoms with Crippen LogP contribution in [0.15, 0.2) is 55.0 Å². The van der Waals surface area contributed by atoms with Gasteiger partial charge in [0.25, 0.3) is 5.91 Å². The van der Waals surface area contributed by atoms with Crippen LogP contribution in [0.2, 0.25) is 0 Å². The number of carbonyl (C=O) groups excluding carboxylic acids is 1. The van der Waals surface area contributed by atoms with Crippen molar-refractivity contribution in [2.45, 2.75) is 45.0 Å². The second kappa shape index (κ2) is 10.5. The molecular formula is C27H27F3N6O2. The second-order valence-corrected chi connectivity index (χ2v) is 9.22. The second-order valence-electron chi connectivity index (χ2n) is 9.22. The van der Waals surface area contributed by atoms with E-state index in [1.807, 2.05) is 10.6 Å². The maximum atomic E-state index is 13.0. The van der Waals surface area contributed by atoms with Gasteiger partial charge >= 0.3 is 6.18 Å². The molecule has 38 heavy (non-hydrogen) atoms. The number of nitrogens with zero attached hydrogens (tertiary/aromatic N) is 5. The Morgan fingerprint density at radius 2 is 1.95 bits per heavy atom. The number of fused-ring (bicyclic) bond motifs is 1. The van der Waals surface area contributed by atoms with Crippen LogP contribution in [0.25, 0.3) is 16.8 Å². The predicted molar refractivity (Wildman–Crippen MR) is 135 cm³/mol. The minimum atomic E-state index is -4.54. The van der Waals surface area contributed by atoms with Crippen LogP contribution in [-0.4, -0.2) is 48.4 Å². The highest BCUT2D eigenvalue weighted by molar-refractivity contribution is 6.04. The van der Waals surface area contributed by atoms with Crippen molar-refractivity contribution in [3.63, 3.8) is 0 Å². The fraction of sp³-hybridized carbons (Fsp3) is 0.333. The first-order valence-corrected chi connectivity index (χ1v) is 12.5. The lowest BCUT2D eigenvalue weighted by Crippen LogP contribution is -2.25. The summed E-state index contributed by atoms with van der Waals surface area (Å²) in [6.45, 7) is 3.87. The fourth-order valence-electron chi connectivity index (χ4n) is 5.00. The van der Waals surface area contributed by atoms with Gasteiger partial charge in [-0.25, -0.2) is 9.97 Å². The molecule has 4 heterocycles. The topological polar surface area (TPSA) is 95.7 Å². The number of pyridine rings is 1. The highest BCUT2D eigenvalue weighted by atomic mass is 19.4. The molecule has 0 saturated carbocycles. The third kappa shape index (κ3) is 4.99. The number of anilines is 1. The fourth-order valence-corrected chi connectivity index (χ4v) is 5.00. The summed E-state index contributed by atoms with van der Waals surface area (Å²) >= 11 is 0. The van der Waals surface area contributed by atoms with Gasteiger partial charge in [-0.2, -0.15) is 13.2 Å². The Morgan fingerprint density at radius 1 is 1.16 bits per heavy atom. The molecule has 2 N–H and O–H groups in total. The van der Waals surface area contributed by atoms with Crippen LogP contribution in [0.1, 0.15) is 59.7 Å². The van der Waals surface area contributed by atoms with Gasteiger partial charge in [-0.15, -0.1) is 0 Å². The average Bonchev–Trinajstić information content (AvgIpc) is 3.53. The van der Waals surface area contributed by atoms with Crippen molar-refractivity contribution < 1.29 is 23.1 Å². The SMILES string of the molecule is CCCN1CCC[C@H]1c1nc(-c2ccc(C(=O)Nc3cc(C(F)(F)F)ccn3)cc2)c2c(CO)nccn12. The minimum Gasteiger partial charge on any atom is -0.390 e. The Labute approximate surface area is 217 Å². The number of halogens is 3. The predicted octanol–water partition coefficient (Wildman–Crippen LogP) is 5.10. The number of rotatable bonds is 7. The Morgan fingerprint density at radius 3 is 2.66 bits per heavy atom. The number of hydrogen-bond acceptors (Lipinski definition) is 6. The molecule has 3 aromatic heterocycles. The third-order valence-corrected chi connectivity index (χ3v) is 6.73. The van der Waals surface area contributed by atoms with E-state index in [0.717, 1.165) is 62.1 Å². The number of hydrogen-bond donors (Lipinski definition) is 2. The first-order valence-electron chi connectivity index (χ1n) is 12.5. The number of aliphatic hydroxyl groups is 1. The summed E-state index contributed by atoms with van der Waals surface area (Å²) < 4.78 is 41.0. The normalized spacial score (nSPS) is 16.3. The molecule has 1 atom stereocenters. The van der Waals surface area contributed by atoms with Crippen LogP contribution in [0.5, 0.6) is 0 Å². The lowest BCUT2D eigenvalue weighted by molar-refractivity contribution is -0.137. The van der Waals surface area contributed by atoms with E-state index in [1.54, 1.807) is 30.5 Å². The first kappa shape index (κ1) is 25.8. The molecule has 0 aliphatic carbocycles. The number of likely N-dealkylation sites (tertiary alicyclic amines) is 1. The van der Waals surface area contributed by atoms with Crippen LogP contribution in [0, 0.1) is 0 Å². The number of imidazole rings is 1. The van der Waals surface area contributed by atoms with Crippen LogP contribution >= 0.6 is 0 Å². The van der Waals surface area contributed by atoms with Gasteiger partial charge in [0.1, 0.15) is 11.6 Å². The molecule has 1 aliphatic rings. The van der Waals surface area contributed by atoms with Gasteiger partial charge in [0.05, 0.1) is 35.1 Å². The molecule has 11 heteroatoms. The van der Waals surface area contributed by atoms with E-state index in [1.165, 1.54) is 0 Å². The monoisotopic (exact) mass is 524 g/mol. The van der Waals surface area contributed by atoms with Crippen molar-refractivity contribution >= 4 is 17.2 Å². The summed E-state index contributed by atoms with van der Waals surface area (Å²) in [7, 11) is 0. The van der Waals surface area contributed by atoms with Crippen LogP contribution in [0.3, 0.4) is 0 Å². The number of benzene rings is 1. The van der Waals surface area contributed by atoms with Gasteiger partial charge in [-0.1, -0.05) is 19.1 Å². The molecule has 4 aromatic rings. The number of aromatic nitrogens is 4.